The zero-order chi connectivity index (χ0) is 15.8. The molecular formula is C16H28N2OS2. The second kappa shape index (κ2) is 9.62. The monoisotopic (exact) mass is 328 g/mol. The van der Waals surface area contributed by atoms with E-state index in [1.807, 2.05) is 6.92 Å². The van der Waals surface area contributed by atoms with E-state index in [-0.39, 0.29) is 0 Å². The van der Waals surface area contributed by atoms with Gasteiger partial charge in [-0.1, -0.05) is 38.3 Å². The first-order valence-corrected chi connectivity index (χ1v) is 8.65. The molecule has 5 heteroatoms. The van der Waals surface area contributed by atoms with Gasteiger partial charge in [-0.3, -0.25) is 0 Å². The predicted octanol–water partition coefficient (Wildman–Crippen LogP) is 3.90. The third-order valence-corrected chi connectivity index (χ3v) is 4.74. The van der Waals surface area contributed by atoms with Crippen LogP contribution >= 0.6 is 24.4 Å². The summed E-state index contributed by atoms with van der Waals surface area (Å²) < 4.78 is 7.45. The van der Waals surface area contributed by atoms with Crippen LogP contribution in [0.3, 0.4) is 0 Å². The van der Waals surface area contributed by atoms with E-state index in [2.05, 4.69) is 30.7 Å². The maximum atomic E-state index is 5.76. The fourth-order valence-corrected chi connectivity index (χ4v) is 3.19. The van der Waals surface area contributed by atoms with Crippen molar-refractivity contribution >= 4 is 30.1 Å². The highest BCUT2D eigenvalue weighted by molar-refractivity contribution is 7.74. The third kappa shape index (κ3) is 5.40. The van der Waals surface area contributed by atoms with E-state index in [9.17, 15) is 0 Å². The lowest BCUT2D eigenvalue weighted by molar-refractivity contribution is 0.108. The van der Waals surface area contributed by atoms with E-state index in [4.69, 9.17) is 29.2 Å². The average molecular weight is 329 g/mol. The van der Waals surface area contributed by atoms with Gasteiger partial charge in [0.1, 0.15) is 0 Å². The fraction of sp³-hybridized carbons (Fsp3) is 0.750. The number of hydrogen-bond acceptors (Lipinski definition) is 5. The summed E-state index contributed by atoms with van der Waals surface area (Å²) in [5, 5.41) is 0. The van der Waals surface area contributed by atoms with Gasteiger partial charge in [-0.25, -0.2) is 0 Å². The lowest BCUT2D eigenvalue weighted by Gasteiger charge is -2.24. The summed E-state index contributed by atoms with van der Waals surface area (Å²) in [5.41, 5.74) is 2.27. The van der Waals surface area contributed by atoms with Gasteiger partial charge < -0.3 is 14.5 Å². The molecule has 1 aromatic carbocycles. The molecule has 1 rings (SSSR count). The molecule has 0 unspecified atom stereocenters. The third-order valence-electron chi connectivity index (χ3n) is 3.70. The molecule has 0 fully saturated rings. The van der Waals surface area contributed by atoms with Crippen molar-refractivity contribution in [2.45, 2.75) is 33.6 Å². The van der Waals surface area contributed by atoms with E-state index in [0.29, 0.717) is 0 Å². The second-order valence-corrected chi connectivity index (χ2v) is 6.32. The first-order valence-electron chi connectivity index (χ1n) is 7.84. The molecule has 0 amide bonds. The number of hydrogen-bond donors (Lipinski definition) is 0. The van der Waals surface area contributed by atoms with Crippen molar-refractivity contribution in [3.05, 3.63) is 14.6 Å². The Morgan fingerprint density at radius 2 is 1.48 bits per heavy atom. The van der Waals surface area contributed by atoms with E-state index in [1.165, 1.54) is 12.8 Å². The Kier molecular flexibility index (Phi) is 8.56. The minimum atomic E-state index is 0.731. The number of likely N-dealkylation sites (N-methyl/N-ethyl adjacent to an activating group) is 1. The summed E-state index contributed by atoms with van der Waals surface area (Å²) >= 11 is 10.5. The van der Waals surface area contributed by atoms with Crippen molar-refractivity contribution in [2.24, 2.45) is 0 Å². The van der Waals surface area contributed by atoms with Crippen molar-refractivity contribution in [1.29, 1.82) is 0 Å². The van der Waals surface area contributed by atoms with Crippen molar-refractivity contribution in [3.63, 3.8) is 0 Å². The minimum Gasteiger partial charge on any atom is -0.378 e. The molecule has 0 aliphatic heterocycles. The quantitative estimate of drug-likeness (QED) is 0.451. The van der Waals surface area contributed by atoms with Crippen LogP contribution in [0.15, 0.2) is 0 Å². The van der Waals surface area contributed by atoms with Crippen LogP contribution < -0.4 is 4.90 Å². The molecule has 0 bridgehead atoms. The molecule has 120 valence electrons. The average Bonchev–Trinajstić information content (AvgIpc) is 2.47. The smallest absolute Gasteiger partial charge is 0.0797 e. The molecule has 1 aromatic rings. The van der Waals surface area contributed by atoms with Crippen LogP contribution in [-0.4, -0.2) is 51.3 Å². The summed E-state index contributed by atoms with van der Waals surface area (Å²) in [6, 6.07) is 0. The molecule has 0 aliphatic rings. The molecule has 0 aromatic heterocycles. The minimum absolute atomic E-state index is 0.731. The summed E-state index contributed by atoms with van der Waals surface area (Å²) in [7, 11) is 2.05. The molecule has 0 saturated heterocycles. The normalized spacial score (nSPS) is 11.5. The van der Waals surface area contributed by atoms with Gasteiger partial charge in [0.2, 0.25) is 0 Å². The molecular weight excluding hydrogens is 300 g/mol. The summed E-state index contributed by atoms with van der Waals surface area (Å²) in [6.07, 6.45) is 2.40. The number of nitrogens with zero attached hydrogens (tertiary/aromatic N) is 2. The molecule has 3 nitrogen and oxygen atoms in total. The van der Waals surface area contributed by atoms with Gasteiger partial charge >= 0.3 is 0 Å². The van der Waals surface area contributed by atoms with Crippen LogP contribution in [0.4, 0.5) is 5.69 Å². The molecule has 0 aliphatic carbocycles. The van der Waals surface area contributed by atoms with Crippen LogP contribution in [0.2, 0.25) is 0 Å². The molecule has 0 atom stereocenters. The Labute approximate surface area is 139 Å². The summed E-state index contributed by atoms with van der Waals surface area (Å²) in [5.74, 6) is 0. The Balaban J connectivity index is 2.22. The molecule has 0 saturated carbocycles. The van der Waals surface area contributed by atoms with Crippen molar-refractivity contribution in [1.82, 2.24) is 4.90 Å². The van der Waals surface area contributed by atoms with Gasteiger partial charge in [0.15, 0.2) is 0 Å². The fourth-order valence-electron chi connectivity index (χ4n) is 2.53. The lowest BCUT2D eigenvalue weighted by atomic mass is 10.1. The van der Waals surface area contributed by atoms with E-state index >= 15 is 0 Å². The largest absolute Gasteiger partial charge is 0.378 e. The van der Waals surface area contributed by atoms with Gasteiger partial charge in [0.05, 0.1) is 27.9 Å². The second-order valence-electron chi connectivity index (χ2n) is 5.51. The lowest BCUT2D eigenvalue weighted by Crippen LogP contribution is -2.30. The summed E-state index contributed by atoms with van der Waals surface area (Å²) in [4.78, 5) is 4.62. The Morgan fingerprint density at radius 3 is 2.00 bits per heavy atom. The van der Waals surface area contributed by atoms with E-state index in [0.717, 1.165) is 59.7 Å². The predicted molar refractivity (Wildman–Crippen MR) is 96.3 cm³/mol. The molecule has 0 N–H and O–H groups in total. The van der Waals surface area contributed by atoms with Crippen molar-refractivity contribution in [3.8, 4) is 0 Å². The first kappa shape index (κ1) is 18.7. The number of anilines is 1. The van der Waals surface area contributed by atoms with Crippen molar-refractivity contribution in [2.75, 3.05) is 51.3 Å². The maximum absolute atomic E-state index is 5.76. The highest BCUT2D eigenvalue weighted by Crippen LogP contribution is 2.28. The standard InChI is InChI=1S/C16H28N2OS2/c1-5-7-18(8-6-2)10-12-19-11-9-17(4)14-13(3)15(20)16(14)21/h5-12H2,1-4H3. The zero-order valence-corrected chi connectivity index (χ0v) is 15.4. The van der Waals surface area contributed by atoms with Crippen LogP contribution in [0, 0.1) is 15.9 Å². The number of ether oxygens (including phenoxy) is 1. The molecule has 0 radical (unpaired) electrons. The van der Waals surface area contributed by atoms with Crippen LogP contribution in [0.5, 0.6) is 0 Å². The Morgan fingerprint density at radius 1 is 0.905 bits per heavy atom. The Hall–Kier alpha value is -0.360. The van der Waals surface area contributed by atoms with Crippen LogP contribution in [-0.2, 0) is 4.74 Å². The highest BCUT2D eigenvalue weighted by Gasteiger charge is 2.14. The highest BCUT2D eigenvalue weighted by atomic mass is 32.1. The van der Waals surface area contributed by atoms with Gasteiger partial charge in [-0.15, -0.1) is 0 Å². The van der Waals surface area contributed by atoms with Gasteiger partial charge in [-0.2, -0.15) is 0 Å². The summed E-state index contributed by atoms with van der Waals surface area (Å²) in [6.45, 7) is 12.2. The van der Waals surface area contributed by atoms with Gasteiger partial charge in [-0.05, 0) is 38.4 Å². The van der Waals surface area contributed by atoms with Gasteiger partial charge in [0.25, 0.3) is 0 Å². The maximum Gasteiger partial charge on any atom is 0.0797 e. The zero-order valence-electron chi connectivity index (χ0n) is 13.8. The van der Waals surface area contributed by atoms with Crippen LogP contribution in [0.25, 0.3) is 0 Å². The van der Waals surface area contributed by atoms with Crippen molar-refractivity contribution < 1.29 is 4.74 Å². The topological polar surface area (TPSA) is 15.7 Å². The van der Waals surface area contributed by atoms with Gasteiger partial charge in [0, 0.05) is 20.1 Å². The molecule has 21 heavy (non-hydrogen) atoms. The first-order chi connectivity index (χ1) is 10.0. The number of rotatable bonds is 11. The molecule has 0 heterocycles. The molecule has 0 spiro atoms. The van der Waals surface area contributed by atoms with E-state index in [1.54, 1.807) is 0 Å². The van der Waals surface area contributed by atoms with Crippen LogP contribution in [0.1, 0.15) is 32.3 Å². The SMILES string of the molecule is CCCN(CCC)CCOCCN(C)c1c(C)c(=S)c1=S. The Bertz CT molecular complexity index is 489. The van der Waals surface area contributed by atoms with E-state index < -0.39 is 0 Å².